The van der Waals surface area contributed by atoms with Crippen LogP contribution in [-0.2, 0) is 9.59 Å². The molecule has 4 nitrogen and oxygen atoms in total. The number of carbonyl (C=O) groups excluding carboxylic acids is 2. The quantitative estimate of drug-likeness (QED) is 0.754. The van der Waals surface area contributed by atoms with E-state index in [-0.39, 0.29) is 23.7 Å². The molecular formula is C22H23NO3. The summed E-state index contributed by atoms with van der Waals surface area (Å²) < 4.78 is 5.85. The highest BCUT2D eigenvalue weighted by molar-refractivity contribution is 6.22. The largest absolute Gasteiger partial charge is 0.457 e. The molecule has 0 aromatic heterocycles. The minimum Gasteiger partial charge on any atom is -0.457 e. The molecule has 1 saturated heterocycles. The van der Waals surface area contributed by atoms with E-state index >= 15 is 0 Å². The van der Waals surface area contributed by atoms with Gasteiger partial charge in [0.05, 0.1) is 17.5 Å². The monoisotopic (exact) mass is 349 g/mol. The second kappa shape index (κ2) is 6.60. The first-order valence-corrected chi connectivity index (χ1v) is 9.25. The zero-order valence-electron chi connectivity index (χ0n) is 15.1. The summed E-state index contributed by atoms with van der Waals surface area (Å²) in [5.74, 6) is 1.60. The second-order valence-electron chi connectivity index (χ2n) is 7.56. The van der Waals surface area contributed by atoms with Gasteiger partial charge < -0.3 is 4.74 Å². The maximum atomic E-state index is 12.8. The van der Waals surface area contributed by atoms with Gasteiger partial charge in [-0.2, -0.15) is 0 Å². The first-order chi connectivity index (χ1) is 12.5. The topological polar surface area (TPSA) is 46.6 Å². The van der Waals surface area contributed by atoms with Crippen LogP contribution in [0.4, 0.5) is 5.69 Å². The van der Waals surface area contributed by atoms with Crippen LogP contribution in [0, 0.1) is 24.7 Å². The fourth-order valence-corrected chi connectivity index (χ4v) is 4.12. The van der Waals surface area contributed by atoms with Crippen molar-refractivity contribution in [2.24, 2.45) is 17.8 Å². The Bertz CT molecular complexity index is 843. The summed E-state index contributed by atoms with van der Waals surface area (Å²) in [7, 11) is 0. The van der Waals surface area contributed by atoms with Crippen molar-refractivity contribution >= 4 is 17.5 Å². The Labute approximate surface area is 153 Å². The van der Waals surface area contributed by atoms with Crippen LogP contribution >= 0.6 is 0 Å². The van der Waals surface area contributed by atoms with Crippen molar-refractivity contribution in [2.75, 3.05) is 4.90 Å². The molecule has 3 atom stereocenters. The molecule has 2 aliphatic rings. The maximum absolute atomic E-state index is 12.8. The Hall–Kier alpha value is -2.62. The summed E-state index contributed by atoms with van der Waals surface area (Å²) in [6, 6.07) is 15.0. The van der Waals surface area contributed by atoms with E-state index in [0.29, 0.717) is 17.4 Å². The minimum absolute atomic E-state index is 0.0424. The zero-order valence-corrected chi connectivity index (χ0v) is 15.1. The van der Waals surface area contributed by atoms with Crippen LogP contribution in [0.5, 0.6) is 11.5 Å². The predicted octanol–water partition coefficient (Wildman–Crippen LogP) is 4.71. The number of rotatable bonds is 3. The summed E-state index contributed by atoms with van der Waals surface area (Å²) in [5.41, 5.74) is 1.77. The minimum atomic E-state index is -0.144. The number of anilines is 1. The Morgan fingerprint density at radius 1 is 0.923 bits per heavy atom. The molecule has 0 N–H and O–H groups in total. The molecule has 2 aromatic carbocycles. The number of aryl methyl sites for hydroxylation is 1. The van der Waals surface area contributed by atoms with Crippen molar-refractivity contribution in [3.05, 3.63) is 54.1 Å². The lowest BCUT2D eigenvalue weighted by Crippen LogP contribution is -2.30. The highest BCUT2D eigenvalue weighted by Gasteiger charge is 2.49. The first kappa shape index (κ1) is 16.8. The number of hydrogen-bond acceptors (Lipinski definition) is 3. The van der Waals surface area contributed by atoms with Crippen molar-refractivity contribution in [1.29, 1.82) is 0 Å². The van der Waals surface area contributed by atoms with E-state index in [9.17, 15) is 9.59 Å². The summed E-state index contributed by atoms with van der Waals surface area (Å²) in [4.78, 5) is 26.9. The van der Waals surface area contributed by atoms with Gasteiger partial charge >= 0.3 is 0 Å². The lowest BCUT2D eigenvalue weighted by molar-refractivity contribution is -0.122. The van der Waals surface area contributed by atoms with E-state index in [0.717, 1.165) is 30.6 Å². The molecule has 1 saturated carbocycles. The first-order valence-electron chi connectivity index (χ1n) is 9.25. The summed E-state index contributed by atoms with van der Waals surface area (Å²) in [6.45, 7) is 4.18. The van der Waals surface area contributed by atoms with Crippen molar-refractivity contribution in [2.45, 2.75) is 33.1 Å². The molecular weight excluding hydrogens is 326 g/mol. The number of nitrogens with zero attached hydrogens (tertiary/aromatic N) is 1. The third-order valence-electron chi connectivity index (χ3n) is 5.51. The lowest BCUT2D eigenvalue weighted by Gasteiger charge is -2.25. The van der Waals surface area contributed by atoms with Gasteiger partial charge in [-0.3, -0.25) is 14.5 Å². The Kier molecular flexibility index (Phi) is 4.27. The average molecular weight is 349 g/mol. The third-order valence-corrected chi connectivity index (χ3v) is 5.51. The number of amides is 2. The highest BCUT2D eigenvalue weighted by Crippen LogP contribution is 2.42. The van der Waals surface area contributed by atoms with E-state index in [4.69, 9.17) is 4.74 Å². The van der Waals surface area contributed by atoms with Crippen LogP contribution in [0.3, 0.4) is 0 Å². The molecule has 134 valence electrons. The number of carbonyl (C=O) groups is 2. The smallest absolute Gasteiger partial charge is 0.237 e. The van der Waals surface area contributed by atoms with Crippen LogP contribution in [-0.4, -0.2) is 11.8 Å². The van der Waals surface area contributed by atoms with Gasteiger partial charge in [0, 0.05) is 0 Å². The van der Waals surface area contributed by atoms with Gasteiger partial charge in [-0.15, -0.1) is 0 Å². The van der Waals surface area contributed by atoms with Crippen molar-refractivity contribution in [3.63, 3.8) is 0 Å². The van der Waals surface area contributed by atoms with Gasteiger partial charge in [0.1, 0.15) is 11.5 Å². The van der Waals surface area contributed by atoms with E-state index in [1.54, 1.807) is 12.1 Å². The number of fused-ring (bicyclic) bond motifs is 1. The molecule has 0 spiro atoms. The molecule has 1 aliphatic heterocycles. The molecule has 0 radical (unpaired) electrons. The van der Waals surface area contributed by atoms with Gasteiger partial charge in [-0.1, -0.05) is 19.1 Å². The normalized spacial score (nSPS) is 25.3. The predicted molar refractivity (Wildman–Crippen MR) is 100 cm³/mol. The van der Waals surface area contributed by atoms with Crippen molar-refractivity contribution < 1.29 is 14.3 Å². The maximum Gasteiger partial charge on any atom is 0.237 e. The van der Waals surface area contributed by atoms with Crippen LogP contribution in [0.2, 0.25) is 0 Å². The molecule has 2 amide bonds. The molecule has 0 bridgehead atoms. The summed E-state index contributed by atoms with van der Waals surface area (Å²) >= 11 is 0. The van der Waals surface area contributed by atoms with Crippen LogP contribution in [0.15, 0.2) is 48.5 Å². The van der Waals surface area contributed by atoms with Gasteiger partial charge in [-0.25, -0.2) is 0 Å². The van der Waals surface area contributed by atoms with E-state index < -0.39 is 0 Å². The average Bonchev–Trinajstić information content (AvgIpc) is 2.86. The Morgan fingerprint density at radius 3 is 2.38 bits per heavy atom. The molecule has 26 heavy (non-hydrogen) atoms. The van der Waals surface area contributed by atoms with Crippen molar-refractivity contribution in [1.82, 2.24) is 0 Å². The highest BCUT2D eigenvalue weighted by atomic mass is 16.5. The van der Waals surface area contributed by atoms with Crippen LogP contribution in [0.1, 0.15) is 31.7 Å². The van der Waals surface area contributed by atoms with E-state index in [2.05, 4.69) is 6.92 Å². The van der Waals surface area contributed by atoms with Crippen LogP contribution < -0.4 is 9.64 Å². The van der Waals surface area contributed by atoms with Gasteiger partial charge in [0.15, 0.2) is 0 Å². The summed E-state index contributed by atoms with van der Waals surface area (Å²) in [5, 5.41) is 0. The number of hydrogen-bond donors (Lipinski definition) is 0. The fraction of sp³-hybridized carbons (Fsp3) is 0.364. The van der Waals surface area contributed by atoms with Gasteiger partial charge in [-0.05, 0) is 74.1 Å². The molecule has 2 fully saturated rings. The Balaban J connectivity index is 1.53. The van der Waals surface area contributed by atoms with E-state index in [1.165, 1.54) is 4.90 Å². The summed E-state index contributed by atoms with van der Waals surface area (Å²) in [6.07, 6.45) is 2.67. The molecule has 1 aliphatic carbocycles. The fourth-order valence-electron chi connectivity index (χ4n) is 4.12. The SMILES string of the molecule is Cc1cccc(Oc2ccc(N3C(=O)[C@@H]4CC[C@H](C)C[C@H]4C3=O)cc2)c1. The van der Waals surface area contributed by atoms with Gasteiger partial charge in [0.2, 0.25) is 11.8 Å². The zero-order chi connectivity index (χ0) is 18.3. The molecule has 1 heterocycles. The standard InChI is InChI=1S/C22H23NO3/c1-14-4-3-5-18(12-14)26-17-9-7-16(8-10-17)23-21(24)19-11-6-15(2)13-20(19)22(23)25/h3-5,7-10,12,15,19-20H,6,11,13H2,1-2H3/t15-,19+,20+/m0/s1. The van der Waals surface area contributed by atoms with Gasteiger partial charge in [0.25, 0.3) is 0 Å². The second-order valence-corrected chi connectivity index (χ2v) is 7.56. The molecule has 4 heteroatoms. The van der Waals surface area contributed by atoms with E-state index in [1.807, 2.05) is 43.3 Å². The molecule has 0 unspecified atom stereocenters. The lowest BCUT2D eigenvalue weighted by atomic mass is 9.76. The molecule has 2 aromatic rings. The number of ether oxygens (including phenoxy) is 1. The number of benzene rings is 2. The third kappa shape index (κ3) is 3.00. The Morgan fingerprint density at radius 2 is 1.65 bits per heavy atom. The molecule has 4 rings (SSSR count). The van der Waals surface area contributed by atoms with Crippen LogP contribution in [0.25, 0.3) is 0 Å². The number of imide groups is 1. The van der Waals surface area contributed by atoms with Crippen molar-refractivity contribution in [3.8, 4) is 11.5 Å².